The van der Waals surface area contributed by atoms with Gasteiger partial charge in [-0.3, -0.25) is 0 Å². The Bertz CT molecular complexity index is 572. The number of halogens is 3. The first-order valence-corrected chi connectivity index (χ1v) is 8.69. The molecule has 0 heterocycles. The van der Waals surface area contributed by atoms with Gasteiger partial charge in [-0.05, 0) is 48.4 Å². The molecule has 2 N–H and O–H groups in total. The number of benzene rings is 2. The number of nitrogens with two attached hydrogens (primary N) is 1. The van der Waals surface area contributed by atoms with Crippen molar-refractivity contribution >= 4 is 43.6 Å². The lowest BCUT2D eigenvalue weighted by molar-refractivity contribution is 0.622. The van der Waals surface area contributed by atoms with E-state index in [1.807, 2.05) is 18.2 Å². The molecule has 106 valence electrons. The minimum atomic E-state index is -0.235. The molecular weight excluding hydrogens is 405 g/mol. The fourth-order valence-corrected chi connectivity index (χ4v) is 3.82. The molecule has 1 atom stereocenters. The highest BCUT2D eigenvalue weighted by molar-refractivity contribution is 9.10. The highest BCUT2D eigenvalue weighted by atomic mass is 79.9. The molecule has 0 radical (unpaired) electrons. The van der Waals surface area contributed by atoms with Crippen LogP contribution in [0.4, 0.5) is 4.39 Å². The molecule has 0 aliphatic carbocycles. The van der Waals surface area contributed by atoms with Crippen LogP contribution in [0.5, 0.6) is 0 Å². The summed E-state index contributed by atoms with van der Waals surface area (Å²) in [5.74, 6) is 0.561. The van der Waals surface area contributed by atoms with Gasteiger partial charge in [0.25, 0.3) is 0 Å². The van der Waals surface area contributed by atoms with E-state index in [9.17, 15) is 4.39 Å². The van der Waals surface area contributed by atoms with E-state index in [1.54, 1.807) is 11.8 Å². The largest absolute Gasteiger partial charge is 0.327 e. The van der Waals surface area contributed by atoms with Gasteiger partial charge in [-0.2, -0.15) is 0 Å². The molecule has 0 aliphatic heterocycles. The summed E-state index contributed by atoms with van der Waals surface area (Å²) in [6.07, 6.45) is 0.664. The van der Waals surface area contributed by atoms with Crippen LogP contribution in [-0.2, 0) is 6.42 Å². The van der Waals surface area contributed by atoms with E-state index in [0.717, 1.165) is 20.3 Å². The lowest BCUT2D eigenvalue weighted by Crippen LogP contribution is -2.25. The molecule has 5 heteroatoms. The lowest BCUT2D eigenvalue weighted by Gasteiger charge is -2.12. The smallest absolute Gasteiger partial charge is 0.124 e. The van der Waals surface area contributed by atoms with Gasteiger partial charge in [0.2, 0.25) is 0 Å². The molecule has 0 aliphatic rings. The molecule has 2 aromatic rings. The zero-order valence-corrected chi connectivity index (χ0v) is 14.6. The SMILES string of the molecule is NC(CSc1cccc(Br)c1)Cc1cc(F)cc(Br)c1. The van der Waals surface area contributed by atoms with Crippen molar-refractivity contribution in [3.63, 3.8) is 0 Å². The van der Waals surface area contributed by atoms with Gasteiger partial charge >= 0.3 is 0 Å². The molecule has 0 saturated carbocycles. The highest BCUT2D eigenvalue weighted by Crippen LogP contribution is 2.23. The van der Waals surface area contributed by atoms with Crippen molar-refractivity contribution in [3.05, 3.63) is 62.8 Å². The lowest BCUT2D eigenvalue weighted by atomic mass is 10.1. The third kappa shape index (κ3) is 5.20. The summed E-state index contributed by atoms with van der Waals surface area (Å²) in [6.45, 7) is 0. The average molecular weight is 419 g/mol. The van der Waals surface area contributed by atoms with Gasteiger partial charge in [-0.25, -0.2) is 4.39 Å². The molecule has 2 rings (SSSR count). The maximum Gasteiger partial charge on any atom is 0.124 e. The monoisotopic (exact) mass is 417 g/mol. The molecule has 0 spiro atoms. The second-order valence-corrected chi connectivity index (χ2v) is 7.44. The van der Waals surface area contributed by atoms with Crippen molar-refractivity contribution in [1.29, 1.82) is 0 Å². The maximum absolute atomic E-state index is 13.3. The van der Waals surface area contributed by atoms with Crippen LogP contribution in [0.1, 0.15) is 5.56 Å². The van der Waals surface area contributed by atoms with E-state index < -0.39 is 0 Å². The fraction of sp³-hybridized carbons (Fsp3) is 0.200. The maximum atomic E-state index is 13.3. The zero-order chi connectivity index (χ0) is 14.5. The van der Waals surface area contributed by atoms with E-state index >= 15 is 0 Å². The molecule has 0 saturated heterocycles. The Morgan fingerprint density at radius 2 is 1.90 bits per heavy atom. The minimum absolute atomic E-state index is 0.00678. The van der Waals surface area contributed by atoms with Crippen LogP contribution in [0, 0.1) is 5.82 Å². The van der Waals surface area contributed by atoms with Crippen LogP contribution in [0.2, 0.25) is 0 Å². The molecular formula is C15H14Br2FNS. The van der Waals surface area contributed by atoms with Gasteiger partial charge in [0.15, 0.2) is 0 Å². The first kappa shape index (κ1) is 16.0. The van der Waals surface area contributed by atoms with Gasteiger partial charge in [0, 0.05) is 25.6 Å². The summed E-state index contributed by atoms with van der Waals surface area (Å²) in [4.78, 5) is 1.18. The van der Waals surface area contributed by atoms with Crippen molar-refractivity contribution in [2.24, 2.45) is 5.73 Å². The van der Waals surface area contributed by atoms with E-state index in [0.29, 0.717) is 6.42 Å². The van der Waals surface area contributed by atoms with E-state index in [-0.39, 0.29) is 11.9 Å². The Hall–Kier alpha value is -0.360. The highest BCUT2D eigenvalue weighted by Gasteiger charge is 2.07. The molecule has 0 amide bonds. The van der Waals surface area contributed by atoms with Crippen molar-refractivity contribution in [2.75, 3.05) is 5.75 Å². The quantitative estimate of drug-likeness (QED) is 0.690. The predicted molar refractivity (Wildman–Crippen MR) is 90.6 cm³/mol. The first-order chi connectivity index (χ1) is 9.52. The molecule has 1 unspecified atom stereocenters. The molecule has 2 aromatic carbocycles. The average Bonchev–Trinajstić information content (AvgIpc) is 2.35. The number of hydrogen-bond acceptors (Lipinski definition) is 2. The molecule has 0 bridgehead atoms. The van der Waals surface area contributed by atoms with Gasteiger partial charge in [0.05, 0.1) is 0 Å². The normalized spacial score (nSPS) is 12.4. The second kappa shape index (κ2) is 7.59. The van der Waals surface area contributed by atoms with Crippen molar-refractivity contribution in [2.45, 2.75) is 17.4 Å². The van der Waals surface area contributed by atoms with Gasteiger partial charge in [-0.1, -0.05) is 37.9 Å². The third-order valence-electron chi connectivity index (χ3n) is 2.68. The summed E-state index contributed by atoms with van der Waals surface area (Å²) < 4.78 is 15.1. The van der Waals surface area contributed by atoms with E-state index in [1.165, 1.54) is 17.0 Å². The molecule has 0 fully saturated rings. The Labute approximate surface area is 139 Å². The summed E-state index contributed by atoms with van der Waals surface area (Å²) in [6, 6.07) is 13.0. The van der Waals surface area contributed by atoms with Gasteiger partial charge < -0.3 is 5.73 Å². The number of rotatable bonds is 5. The summed E-state index contributed by atoms with van der Waals surface area (Å²) in [7, 11) is 0. The van der Waals surface area contributed by atoms with Crippen molar-refractivity contribution in [3.8, 4) is 0 Å². The summed E-state index contributed by atoms with van der Waals surface area (Å²) in [5, 5.41) is 0. The minimum Gasteiger partial charge on any atom is -0.327 e. The molecule has 0 aromatic heterocycles. The second-order valence-electron chi connectivity index (χ2n) is 4.51. The number of thioether (sulfide) groups is 1. The first-order valence-electron chi connectivity index (χ1n) is 6.12. The van der Waals surface area contributed by atoms with Crippen LogP contribution in [0.3, 0.4) is 0 Å². The topological polar surface area (TPSA) is 26.0 Å². The van der Waals surface area contributed by atoms with Crippen LogP contribution in [-0.4, -0.2) is 11.8 Å². The van der Waals surface area contributed by atoms with E-state index in [2.05, 4.69) is 44.0 Å². The van der Waals surface area contributed by atoms with Gasteiger partial charge in [0.1, 0.15) is 5.82 Å². The Balaban J connectivity index is 1.90. The fourth-order valence-electron chi connectivity index (χ4n) is 1.85. The molecule has 20 heavy (non-hydrogen) atoms. The Morgan fingerprint density at radius 3 is 2.60 bits per heavy atom. The van der Waals surface area contributed by atoms with Crippen molar-refractivity contribution in [1.82, 2.24) is 0 Å². The Kier molecular flexibility index (Phi) is 6.08. The van der Waals surface area contributed by atoms with Crippen LogP contribution >= 0.6 is 43.6 Å². The van der Waals surface area contributed by atoms with Crippen molar-refractivity contribution < 1.29 is 4.39 Å². The number of hydrogen-bond donors (Lipinski definition) is 1. The van der Waals surface area contributed by atoms with Crippen LogP contribution in [0.15, 0.2) is 56.3 Å². The standard InChI is InChI=1S/C15H14Br2FNS/c16-11-2-1-3-15(8-11)20-9-14(19)6-10-4-12(17)7-13(18)5-10/h1-5,7-8,14H,6,9,19H2. The summed E-state index contributed by atoms with van der Waals surface area (Å²) >= 11 is 8.45. The summed E-state index contributed by atoms with van der Waals surface area (Å²) in [5.41, 5.74) is 7.04. The zero-order valence-electron chi connectivity index (χ0n) is 10.7. The van der Waals surface area contributed by atoms with Gasteiger partial charge in [-0.15, -0.1) is 11.8 Å². The van der Waals surface area contributed by atoms with Crippen LogP contribution in [0.25, 0.3) is 0 Å². The van der Waals surface area contributed by atoms with Crippen LogP contribution < -0.4 is 5.73 Å². The Morgan fingerprint density at radius 1 is 1.10 bits per heavy atom. The predicted octanol–water partition coefficient (Wildman–Crippen LogP) is 5.01. The molecule has 1 nitrogen and oxygen atoms in total. The third-order valence-corrected chi connectivity index (χ3v) is 4.81. The van der Waals surface area contributed by atoms with E-state index in [4.69, 9.17) is 5.73 Å².